The van der Waals surface area contributed by atoms with E-state index in [9.17, 15) is 0 Å². The van der Waals surface area contributed by atoms with Crippen molar-refractivity contribution in [3.8, 4) is 0 Å². The van der Waals surface area contributed by atoms with Crippen LogP contribution in [0.25, 0.3) is 0 Å². The van der Waals surface area contributed by atoms with Crippen LogP contribution in [0, 0.1) is 0 Å². The Balaban J connectivity index is 1.51. The average molecular weight is 249 g/mol. The summed E-state index contributed by atoms with van der Waals surface area (Å²) in [5, 5.41) is 0. The van der Waals surface area contributed by atoms with Crippen molar-refractivity contribution in [3.05, 3.63) is 30.3 Å². The summed E-state index contributed by atoms with van der Waals surface area (Å²) in [6.45, 7) is 6.61. The molecule has 18 heavy (non-hydrogen) atoms. The van der Waals surface area contributed by atoms with Gasteiger partial charge >= 0.3 is 0 Å². The zero-order chi connectivity index (χ0) is 12.6. The third-order valence-corrected chi connectivity index (χ3v) is 3.28. The lowest BCUT2D eigenvalue weighted by molar-refractivity contribution is 0.130. The summed E-state index contributed by atoms with van der Waals surface area (Å²) < 4.78 is 0. The Morgan fingerprint density at radius 2 is 1.83 bits per heavy atom. The zero-order valence-electron chi connectivity index (χ0n) is 11.1. The fourth-order valence-electron chi connectivity index (χ4n) is 2.07. The lowest BCUT2D eigenvalue weighted by Gasteiger charge is -2.32. The molecule has 1 aliphatic heterocycles. The molecule has 100 valence electrons. The number of rotatable bonds is 6. The SMILES string of the molecule is CN1CCN(CCCONc2ccccc2)CC1. The summed E-state index contributed by atoms with van der Waals surface area (Å²) in [6, 6.07) is 9.99. The van der Waals surface area contributed by atoms with Gasteiger partial charge in [-0.3, -0.25) is 10.3 Å². The van der Waals surface area contributed by atoms with E-state index < -0.39 is 0 Å². The predicted molar refractivity (Wildman–Crippen MR) is 74.6 cm³/mol. The van der Waals surface area contributed by atoms with E-state index in [4.69, 9.17) is 4.84 Å². The smallest absolute Gasteiger partial charge is 0.0758 e. The minimum Gasteiger partial charge on any atom is -0.304 e. The number of nitrogens with zero attached hydrogens (tertiary/aromatic N) is 2. The van der Waals surface area contributed by atoms with E-state index in [1.54, 1.807) is 0 Å². The van der Waals surface area contributed by atoms with Gasteiger partial charge in [0.25, 0.3) is 0 Å². The van der Waals surface area contributed by atoms with Crippen LogP contribution in [0.5, 0.6) is 0 Å². The molecule has 4 nitrogen and oxygen atoms in total. The van der Waals surface area contributed by atoms with Crippen LogP contribution in [-0.4, -0.2) is 56.2 Å². The maximum Gasteiger partial charge on any atom is 0.0758 e. The fraction of sp³-hybridized carbons (Fsp3) is 0.571. The third kappa shape index (κ3) is 4.64. The first-order valence-electron chi connectivity index (χ1n) is 6.68. The number of benzene rings is 1. The summed E-state index contributed by atoms with van der Waals surface area (Å²) in [4.78, 5) is 10.3. The second-order valence-corrected chi connectivity index (χ2v) is 4.82. The summed E-state index contributed by atoms with van der Waals surface area (Å²) >= 11 is 0. The maximum absolute atomic E-state index is 5.44. The summed E-state index contributed by atoms with van der Waals surface area (Å²) in [6.07, 6.45) is 1.07. The summed E-state index contributed by atoms with van der Waals surface area (Å²) in [5.41, 5.74) is 3.97. The molecule has 0 bridgehead atoms. The van der Waals surface area contributed by atoms with Crippen LogP contribution in [0.15, 0.2) is 30.3 Å². The van der Waals surface area contributed by atoms with Gasteiger partial charge in [0.2, 0.25) is 0 Å². The summed E-state index contributed by atoms with van der Waals surface area (Å²) in [7, 11) is 2.18. The van der Waals surface area contributed by atoms with Gasteiger partial charge in [0.15, 0.2) is 0 Å². The molecule has 1 N–H and O–H groups in total. The van der Waals surface area contributed by atoms with E-state index in [-0.39, 0.29) is 0 Å². The highest BCUT2D eigenvalue weighted by Gasteiger charge is 2.12. The average Bonchev–Trinajstić information content (AvgIpc) is 2.42. The number of hydrogen-bond acceptors (Lipinski definition) is 4. The standard InChI is InChI=1S/C14H23N3O/c1-16-9-11-17(12-10-16)8-5-13-18-15-14-6-3-2-4-7-14/h2-4,6-7,15H,5,8-13H2,1H3. The Kier molecular flexibility index (Phi) is 5.45. The number of hydrogen-bond donors (Lipinski definition) is 1. The van der Waals surface area contributed by atoms with E-state index in [2.05, 4.69) is 22.3 Å². The number of para-hydroxylation sites is 1. The number of nitrogens with one attached hydrogen (secondary N) is 1. The molecular weight excluding hydrogens is 226 g/mol. The molecular formula is C14H23N3O. The van der Waals surface area contributed by atoms with Crippen molar-refractivity contribution in [1.82, 2.24) is 9.80 Å². The molecule has 0 spiro atoms. The molecule has 0 radical (unpaired) electrons. The molecule has 4 heteroatoms. The molecule has 0 saturated carbocycles. The Morgan fingerprint density at radius 1 is 1.11 bits per heavy atom. The molecule has 1 saturated heterocycles. The van der Waals surface area contributed by atoms with Crippen LogP contribution in [0.1, 0.15) is 6.42 Å². The van der Waals surface area contributed by atoms with Gasteiger partial charge in [-0.15, -0.1) is 0 Å². The molecule has 1 aromatic carbocycles. The lowest BCUT2D eigenvalue weighted by Crippen LogP contribution is -2.44. The number of piperazine rings is 1. The monoisotopic (exact) mass is 249 g/mol. The van der Waals surface area contributed by atoms with Gasteiger partial charge in [0.1, 0.15) is 0 Å². The topological polar surface area (TPSA) is 27.7 Å². The third-order valence-electron chi connectivity index (χ3n) is 3.28. The molecule has 1 heterocycles. The predicted octanol–water partition coefficient (Wildman–Crippen LogP) is 1.67. The van der Waals surface area contributed by atoms with Crippen LogP contribution in [0.2, 0.25) is 0 Å². The van der Waals surface area contributed by atoms with Crippen LogP contribution < -0.4 is 5.48 Å². The summed E-state index contributed by atoms with van der Waals surface area (Å²) in [5.74, 6) is 0. The van der Waals surface area contributed by atoms with E-state index >= 15 is 0 Å². The number of anilines is 1. The highest BCUT2D eigenvalue weighted by atomic mass is 16.6. The van der Waals surface area contributed by atoms with Gasteiger partial charge < -0.3 is 9.80 Å². The fourth-order valence-corrected chi connectivity index (χ4v) is 2.07. The van der Waals surface area contributed by atoms with Gasteiger partial charge in [0, 0.05) is 32.7 Å². The van der Waals surface area contributed by atoms with Crippen molar-refractivity contribution in [2.24, 2.45) is 0 Å². The lowest BCUT2D eigenvalue weighted by atomic mass is 10.3. The van der Waals surface area contributed by atoms with Crippen LogP contribution in [0.3, 0.4) is 0 Å². The van der Waals surface area contributed by atoms with Gasteiger partial charge in [-0.1, -0.05) is 18.2 Å². The first-order valence-corrected chi connectivity index (χ1v) is 6.68. The molecule has 0 aliphatic carbocycles. The number of likely N-dealkylation sites (N-methyl/N-ethyl adjacent to an activating group) is 1. The van der Waals surface area contributed by atoms with E-state index in [0.717, 1.165) is 25.3 Å². The van der Waals surface area contributed by atoms with Crippen LogP contribution in [0.4, 0.5) is 5.69 Å². The van der Waals surface area contributed by atoms with E-state index in [0.29, 0.717) is 0 Å². The van der Waals surface area contributed by atoms with E-state index in [1.807, 2.05) is 30.3 Å². The minimum absolute atomic E-state index is 0.751. The Bertz CT molecular complexity index is 323. The van der Waals surface area contributed by atoms with Gasteiger partial charge in [-0.2, -0.15) is 0 Å². The molecule has 0 amide bonds. The van der Waals surface area contributed by atoms with Crippen molar-refractivity contribution >= 4 is 5.69 Å². The van der Waals surface area contributed by atoms with Crippen molar-refractivity contribution < 1.29 is 4.84 Å². The Morgan fingerprint density at radius 3 is 2.56 bits per heavy atom. The van der Waals surface area contributed by atoms with Crippen LogP contribution in [-0.2, 0) is 4.84 Å². The van der Waals surface area contributed by atoms with Crippen LogP contribution >= 0.6 is 0 Å². The van der Waals surface area contributed by atoms with Crippen molar-refractivity contribution in [1.29, 1.82) is 0 Å². The van der Waals surface area contributed by atoms with Gasteiger partial charge in [-0.25, -0.2) is 0 Å². The minimum atomic E-state index is 0.751. The second kappa shape index (κ2) is 7.36. The first kappa shape index (κ1) is 13.3. The highest BCUT2D eigenvalue weighted by molar-refractivity contribution is 5.39. The Hall–Kier alpha value is -1.10. The van der Waals surface area contributed by atoms with Crippen molar-refractivity contribution in [2.45, 2.75) is 6.42 Å². The largest absolute Gasteiger partial charge is 0.304 e. The Labute approximate surface area is 109 Å². The first-order chi connectivity index (χ1) is 8.84. The maximum atomic E-state index is 5.44. The van der Waals surface area contributed by atoms with E-state index in [1.165, 1.54) is 26.2 Å². The molecule has 0 aromatic heterocycles. The van der Waals surface area contributed by atoms with Crippen molar-refractivity contribution in [3.63, 3.8) is 0 Å². The van der Waals surface area contributed by atoms with Gasteiger partial charge in [-0.05, 0) is 25.6 Å². The molecule has 2 rings (SSSR count). The second-order valence-electron chi connectivity index (χ2n) is 4.82. The highest BCUT2D eigenvalue weighted by Crippen LogP contribution is 2.05. The normalized spacial score (nSPS) is 17.8. The van der Waals surface area contributed by atoms with Crippen molar-refractivity contribution in [2.75, 3.05) is 51.9 Å². The molecule has 1 aromatic rings. The molecule has 0 atom stereocenters. The van der Waals surface area contributed by atoms with Gasteiger partial charge in [0.05, 0.1) is 12.3 Å². The molecule has 1 aliphatic rings. The molecule has 0 unspecified atom stereocenters. The molecule has 1 fully saturated rings. The quantitative estimate of drug-likeness (QED) is 0.613. The zero-order valence-corrected chi connectivity index (χ0v) is 11.1.